The molecule has 0 aliphatic carbocycles. The average molecular weight is 412 g/mol. The fraction of sp³-hybridized carbons (Fsp3) is 0.240. The zero-order valence-corrected chi connectivity index (χ0v) is 17.6. The van der Waals surface area contributed by atoms with E-state index >= 15 is 0 Å². The molecule has 0 saturated carbocycles. The van der Waals surface area contributed by atoms with E-state index in [1.54, 1.807) is 7.11 Å². The molecule has 1 amide bonds. The van der Waals surface area contributed by atoms with Crippen LogP contribution >= 0.6 is 0 Å². The molecular weight excluding hydrogens is 388 g/mol. The maximum Gasteiger partial charge on any atom is 0.231 e. The van der Waals surface area contributed by atoms with Gasteiger partial charge < -0.3 is 4.74 Å². The van der Waals surface area contributed by atoms with Crippen LogP contribution in [0, 0.1) is 12.8 Å². The number of hydrogen-bond acceptors (Lipinski definition) is 4. The average Bonchev–Trinajstić information content (AvgIpc) is 3.40. The second-order valence-corrected chi connectivity index (χ2v) is 8.01. The van der Waals surface area contributed by atoms with Crippen molar-refractivity contribution >= 4 is 22.6 Å². The number of methoxy groups -OCH3 is 1. The largest absolute Gasteiger partial charge is 0.497 e. The molecule has 1 atom stereocenters. The molecule has 0 bridgehead atoms. The lowest BCUT2D eigenvalue weighted by atomic mass is 9.98. The second kappa shape index (κ2) is 7.87. The Hall–Kier alpha value is -3.67. The molecule has 1 saturated heterocycles. The van der Waals surface area contributed by atoms with Crippen LogP contribution < -0.4 is 9.64 Å². The lowest BCUT2D eigenvalue weighted by Gasteiger charge is -2.18. The fourth-order valence-electron chi connectivity index (χ4n) is 4.35. The number of amides is 1. The highest BCUT2D eigenvalue weighted by atomic mass is 16.5. The molecule has 4 aromatic rings. The third-order valence-electron chi connectivity index (χ3n) is 6.03. The van der Waals surface area contributed by atoms with Crippen LogP contribution in [0.3, 0.4) is 0 Å². The van der Waals surface area contributed by atoms with Crippen LogP contribution in [0.4, 0.5) is 5.82 Å². The number of aryl methyl sites for hydroxylation is 1. The van der Waals surface area contributed by atoms with Gasteiger partial charge in [0.2, 0.25) is 5.91 Å². The van der Waals surface area contributed by atoms with Gasteiger partial charge in [0.15, 0.2) is 0 Å². The number of H-pyrrole nitrogens is 1. The van der Waals surface area contributed by atoms with Crippen LogP contribution in [0.5, 0.6) is 5.75 Å². The summed E-state index contributed by atoms with van der Waals surface area (Å²) in [6, 6.07) is 18.2. The molecule has 2 aromatic carbocycles. The van der Waals surface area contributed by atoms with Crippen molar-refractivity contribution in [2.75, 3.05) is 18.6 Å². The van der Waals surface area contributed by atoms with Crippen LogP contribution in [0.2, 0.25) is 0 Å². The van der Waals surface area contributed by atoms with Crippen molar-refractivity contribution < 1.29 is 9.53 Å². The summed E-state index contributed by atoms with van der Waals surface area (Å²) in [5, 5.41) is 8.18. The van der Waals surface area contributed by atoms with Gasteiger partial charge in [0.05, 0.1) is 18.8 Å². The van der Waals surface area contributed by atoms with Crippen molar-refractivity contribution in [2.24, 2.45) is 5.92 Å². The Balaban J connectivity index is 1.35. The zero-order valence-electron chi connectivity index (χ0n) is 17.6. The van der Waals surface area contributed by atoms with Crippen molar-refractivity contribution in [2.45, 2.75) is 19.8 Å². The quantitative estimate of drug-likeness (QED) is 0.523. The van der Waals surface area contributed by atoms with E-state index in [4.69, 9.17) is 9.72 Å². The van der Waals surface area contributed by atoms with E-state index in [0.29, 0.717) is 13.0 Å². The summed E-state index contributed by atoms with van der Waals surface area (Å²) in [6.45, 7) is 2.68. The molecule has 156 valence electrons. The summed E-state index contributed by atoms with van der Waals surface area (Å²) in [5.41, 5.74) is 5.15. The van der Waals surface area contributed by atoms with E-state index in [9.17, 15) is 4.79 Å². The Bertz CT molecular complexity index is 1260. The van der Waals surface area contributed by atoms with Gasteiger partial charge in [-0.2, -0.15) is 5.10 Å². The smallest absolute Gasteiger partial charge is 0.231 e. The van der Waals surface area contributed by atoms with Gasteiger partial charge in [-0.1, -0.05) is 24.3 Å². The lowest BCUT2D eigenvalue weighted by Crippen LogP contribution is -2.28. The summed E-state index contributed by atoms with van der Waals surface area (Å²) in [5.74, 6) is 1.65. The fourth-order valence-corrected chi connectivity index (χ4v) is 4.35. The highest BCUT2D eigenvalue weighted by Crippen LogP contribution is 2.31. The van der Waals surface area contributed by atoms with Crippen molar-refractivity contribution in [1.82, 2.24) is 15.2 Å². The van der Waals surface area contributed by atoms with Crippen molar-refractivity contribution in [3.05, 3.63) is 72.1 Å². The first-order chi connectivity index (χ1) is 15.1. The minimum absolute atomic E-state index is 0.0309. The summed E-state index contributed by atoms with van der Waals surface area (Å²) >= 11 is 0. The number of hydrogen-bond donors (Lipinski definition) is 1. The van der Waals surface area contributed by atoms with Crippen LogP contribution in [-0.4, -0.2) is 34.7 Å². The van der Waals surface area contributed by atoms with Crippen molar-refractivity contribution in [3.8, 4) is 16.9 Å². The Morgan fingerprint density at radius 1 is 1.16 bits per heavy atom. The number of aromatic amines is 1. The Morgan fingerprint density at radius 3 is 2.90 bits per heavy atom. The van der Waals surface area contributed by atoms with Gasteiger partial charge in [-0.3, -0.25) is 14.8 Å². The molecular formula is C25H24N4O2. The minimum atomic E-state index is -0.0309. The van der Waals surface area contributed by atoms with Crippen LogP contribution in [0.15, 0.2) is 60.8 Å². The van der Waals surface area contributed by atoms with Gasteiger partial charge in [-0.05, 0) is 61.2 Å². The normalized spacial score (nSPS) is 16.3. The van der Waals surface area contributed by atoms with E-state index < -0.39 is 0 Å². The molecule has 1 unspecified atom stereocenters. The van der Waals surface area contributed by atoms with Crippen LogP contribution in [-0.2, 0) is 11.2 Å². The van der Waals surface area contributed by atoms with Crippen LogP contribution in [0.25, 0.3) is 22.0 Å². The number of nitrogens with one attached hydrogen (secondary N) is 1. The number of anilines is 1. The number of fused-ring (bicyclic) bond motifs is 1. The van der Waals surface area contributed by atoms with Gasteiger partial charge >= 0.3 is 0 Å². The molecule has 3 heterocycles. The molecule has 31 heavy (non-hydrogen) atoms. The standard InChI is InChI=1S/C25H24N4O2/c1-16-22(18-6-7-20-15-26-28-23(20)14-18)8-9-24(27-16)29-11-10-19(25(29)30)12-17-4-3-5-21(13-17)31-2/h3-9,13-15,19H,10-12H2,1-2H3,(H,26,28). The van der Waals surface area contributed by atoms with Gasteiger partial charge in [0.1, 0.15) is 11.6 Å². The van der Waals surface area contributed by atoms with Crippen molar-refractivity contribution in [1.29, 1.82) is 0 Å². The summed E-state index contributed by atoms with van der Waals surface area (Å²) in [7, 11) is 1.66. The van der Waals surface area contributed by atoms with Gasteiger partial charge in [-0.15, -0.1) is 0 Å². The molecule has 1 fully saturated rings. The highest BCUT2D eigenvalue weighted by Gasteiger charge is 2.33. The first-order valence-corrected chi connectivity index (χ1v) is 10.5. The predicted molar refractivity (Wildman–Crippen MR) is 121 cm³/mol. The first kappa shape index (κ1) is 19.3. The monoisotopic (exact) mass is 412 g/mol. The number of pyridine rings is 1. The third-order valence-corrected chi connectivity index (χ3v) is 6.03. The maximum atomic E-state index is 13.1. The number of aromatic nitrogens is 3. The van der Waals surface area contributed by atoms with Crippen molar-refractivity contribution in [3.63, 3.8) is 0 Å². The minimum Gasteiger partial charge on any atom is -0.497 e. The lowest BCUT2D eigenvalue weighted by molar-refractivity contribution is -0.120. The molecule has 1 N–H and O–H groups in total. The van der Waals surface area contributed by atoms with E-state index in [2.05, 4.69) is 34.5 Å². The van der Waals surface area contributed by atoms with Gasteiger partial charge in [0.25, 0.3) is 0 Å². The SMILES string of the molecule is COc1cccc(CC2CCN(c3ccc(-c4ccc5cn[nH]c5c4)c(C)n3)C2=O)c1. The molecule has 5 rings (SSSR count). The van der Waals surface area contributed by atoms with Gasteiger partial charge in [-0.25, -0.2) is 4.98 Å². The molecule has 1 aliphatic heterocycles. The van der Waals surface area contributed by atoms with E-state index in [1.165, 1.54) is 0 Å². The first-order valence-electron chi connectivity index (χ1n) is 10.5. The summed E-state index contributed by atoms with van der Waals surface area (Å²) in [6.07, 6.45) is 3.36. The van der Waals surface area contributed by atoms with E-state index in [1.807, 2.05) is 48.4 Å². The Morgan fingerprint density at radius 2 is 2.06 bits per heavy atom. The second-order valence-electron chi connectivity index (χ2n) is 8.01. The summed E-state index contributed by atoms with van der Waals surface area (Å²) in [4.78, 5) is 19.7. The van der Waals surface area contributed by atoms with E-state index in [0.717, 1.165) is 51.3 Å². The molecule has 0 spiro atoms. The predicted octanol–water partition coefficient (Wildman–Crippen LogP) is 4.54. The molecule has 6 nitrogen and oxygen atoms in total. The molecule has 6 heteroatoms. The molecule has 2 aromatic heterocycles. The Kier molecular flexibility index (Phi) is 4.90. The van der Waals surface area contributed by atoms with E-state index in [-0.39, 0.29) is 11.8 Å². The Labute approximate surface area is 180 Å². The number of nitrogens with zero attached hydrogens (tertiary/aromatic N) is 3. The number of carbonyl (C=O) groups excluding carboxylic acids is 1. The third kappa shape index (κ3) is 3.65. The number of benzene rings is 2. The molecule has 0 radical (unpaired) electrons. The number of carbonyl (C=O) groups is 1. The zero-order chi connectivity index (χ0) is 21.4. The number of rotatable bonds is 5. The van der Waals surface area contributed by atoms with Crippen LogP contribution in [0.1, 0.15) is 17.7 Å². The highest BCUT2D eigenvalue weighted by molar-refractivity contribution is 5.96. The number of ether oxygens (including phenoxy) is 1. The maximum absolute atomic E-state index is 13.1. The van der Waals surface area contributed by atoms with Gasteiger partial charge in [0, 0.05) is 29.1 Å². The molecule has 1 aliphatic rings. The topological polar surface area (TPSA) is 71.1 Å². The summed E-state index contributed by atoms with van der Waals surface area (Å²) < 4.78 is 5.31.